The van der Waals surface area contributed by atoms with Crippen molar-refractivity contribution in [3.63, 3.8) is 0 Å². The molecule has 3 rings (SSSR count). The van der Waals surface area contributed by atoms with E-state index in [1.807, 2.05) is 38.1 Å². The molecule has 0 atom stereocenters. The number of fused-ring (bicyclic) bond motifs is 1. The average molecular weight is 309 g/mol. The van der Waals surface area contributed by atoms with Gasteiger partial charge in [0.05, 0.1) is 5.69 Å². The highest BCUT2D eigenvalue weighted by Crippen LogP contribution is 2.28. The van der Waals surface area contributed by atoms with Crippen LogP contribution in [0.5, 0.6) is 5.75 Å². The van der Waals surface area contributed by atoms with Gasteiger partial charge in [0.25, 0.3) is 5.91 Å². The zero-order chi connectivity index (χ0) is 16.7. The van der Waals surface area contributed by atoms with Crippen molar-refractivity contribution in [1.29, 1.82) is 0 Å². The molecule has 5 heteroatoms. The lowest BCUT2D eigenvalue weighted by Crippen LogP contribution is -2.15. The molecule has 5 nitrogen and oxygen atoms in total. The van der Waals surface area contributed by atoms with Crippen LogP contribution < -0.4 is 5.32 Å². The van der Waals surface area contributed by atoms with Crippen LogP contribution in [0.3, 0.4) is 0 Å². The molecule has 0 saturated heterocycles. The minimum Gasteiger partial charge on any atom is -0.506 e. The number of nitrogens with zero attached hydrogens (tertiary/aromatic N) is 1. The maximum absolute atomic E-state index is 12.5. The summed E-state index contributed by atoms with van der Waals surface area (Å²) < 4.78 is 0. The van der Waals surface area contributed by atoms with Gasteiger partial charge in [-0.15, -0.1) is 0 Å². The number of hydrogen-bond acceptors (Lipinski definition) is 3. The largest absolute Gasteiger partial charge is 0.506 e. The predicted molar refractivity (Wildman–Crippen MR) is 91.1 cm³/mol. The molecule has 118 valence electrons. The fraction of sp³-hybridized carbons (Fsp3) is 0.222. The lowest BCUT2D eigenvalue weighted by atomic mass is 10.1. The monoisotopic (exact) mass is 309 g/mol. The summed E-state index contributed by atoms with van der Waals surface area (Å²) in [6.07, 6.45) is 0. The summed E-state index contributed by atoms with van der Waals surface area (Å²) in [6.45, 7) is 7.35. The van der Waals surface area contributed by atoms with Crippen molar-refractivity contribution in [1.82, 2.24) is 9.97 Å². The van der Waals surface area contributed by atoms with Gasteiger partial charge in [0.2, 0.25) is 0 Å². The van der Waals surface area contributed by atoms with E-state index >= 15 is 0 Å². The minimum absolute atomic E-state index is 0.168. The molecule has 2 aromatic heterocycles. The number of aromatic nitrogens is 2. The maximum atomic E-state index is 12.5. The van der Waals surface area contributed by atoms with Crippen molar-refractivity contribution in [2.75, 3.05) is 5.32 Å². The van der Waals surface area contributed by atoms with Gasteiger partial charge < -0.3 is 15.4 Å². The number of aromatic hydroxyl groups is 1. The van der Waals surface area contributed by atoms with E-state index in [9.17, 15) is 9.90 Å². The fourth-order valence-corrected chi connectivity index (χ4v) is 2.59. The third-order valence-electron chi connectivity index (χ3n) is 4.15. The average Bonchev–Trinajstić information content (AvgIpc) is 2.93. The fourth-order valence-electron chi connectivity index (χ4n) is 2.59. The Hall–Kier alpha value is -2.82. The van der Waals surface area contributed by atoms with Crippen LogP contribution in [0.15, 0.2) is 24.3 Å². The Balaban J connectivity index is 1.95. The molecule has 0 spiro atoms. The van der Waals surface area contributed by atoms with Gasteiger partial charge in [0.1, 0.15) is 17.3 Å². The van der Waals surface area contributed by atoms with Crippen molar-refractivity contribution >= 4 is 22.6 Å². The number of rotatable bonds is 2. The first-order valence-corrected chi connectivity index (χ1v) is 7.44. The summed E-state index contributed by atoms with van der Waals surface area (Å²) in [4.78, 5) is 19.9. The number of pyridine rings is 1. The lowest BCUT2D eigenvalue weighted by molar-refractivity contribution is 0.102. The maximum Gasteiger partial charge on any atom is 0.273 e. The highest BCUT2D eigenvalue weighted by molar-refractivity contribution is 6.05. The molecule has 1 aromatic carbocycles. The van der Waals surface area contributed by atoms with E-state index in [0.717, 1.165) is 27.6 Å². The second-order valence-electron chi connectivity index (χ2n) is 5.87. The summed E-state index contributed by atoms with van der Waals surface area (Å²) in [7, 11) is 0. The van der Waals surface area contributed by atoms with Crippen LogP contribution in [0, 0.1) is 27.7 Å². The standard InChI is InChI=1S/C18H19N3O2/c1-9-5-6-13-8-15(20-14(13)7-9)18(23)21-17-11(3)10(2)16(22)12(4)19-17/h5-8,20,22H,1-4H3,(H,19,21,23). The van der Waals surface area contributed by atoms with Crippen LogP contribution in [-0.4, -0.2) is 21.0 Å². The van der Waals surface area contributed by atoms with Crippen LogP contribution in [-0.2, 0) is 0 Å². The quantitative estimate of drug-likeness (QED) is 0.674. The molecule has 1 amide bonds. The number of aryl methyl sites for hydroxylation is 2. The van der Waals surface area contributed by atoms with Gasteiger partial charge in [-0.25, -0.2) is 4.98 Å². The van der Waals surface area contributed by atoms with Crippen LogP contribution in [0.25, 0.3) is 10.9 Å². The zero-order valence-corrected chi connectivity index (χ0v) is 13.6. The van der Waals surface area contributed by atoms with Crippen LogP contribution in [0.1, 0.15) is 32.9 Å². The highest BCUT2D eigenvalue weighted by atomic mass is 16.3. The van der Waals surface area contributed by atoms with Gasteiger partial charge in [-0.05, 0) is 56.5 Å². The van der Waals surface area contributed by atoms with Gasteiger partial charge in [-0.1, -0.05) is 12.1 Å². The lowest BCUT2D eigenvalue weighted by Gasteiger charge is -2.12. The van der Waals surface area contributed by atoms with Gasteiger partial charge in [0, 0.05) is 10.9 Å². The molecular weight excluding hydrogens is 290 g/mol. The normalized spacial score (nSPS) is 11.0. The van der Waals surface area contributed by atoms with Crippen molar-refractivity contribution in [2.24, 2.45) is 0 Å². The first-order valence-electron chi connectivity index (χ1n) is 7.44. The number of nitrogens with one attached hydrogen (secondary N) is 2. The van der Waals surface area contributed by atoms with E-state index in [4.69, 9.17) is 0 Å². The highest BCUT2D eigenvalue weighted by Gasteiger charge is 2.15. The topological polar surface area (TPSA) is 78.0 Å². The number of amides is 1. The Morgan fingerprint density at radius 1 is 1.13 bits per heavy atom. The molecule has 0 aliphatic heterocycles. The molecule has 2 heterocycles. The summed E-state index contributed by atoms with van der Waals surface area (Å²) >= 11 is 0. The Morgan fingerprint density at radius 2 is 1.87 bits per heavy atom. The van der Waals surface area contributed by atoms with Crippen LogP contribution in [0.2, 0.25) is 0 Å². The van der Waals surface area contributed by atoms with Gasteiger partial charge in [-0.2, -0.15) is 0 Å². The number of hydrogen-bond donors (Lipinski definition) is 3. The Bertz CT molecular complexity index is 926. The number of carbonyl (C=O) groups excluding carboxylic acids is 1. The Labute approximate surface area is 134 Å². The number of H-pyrrole nitrogens is 1. The van der Waals surface area contributed by atoms with Gasteiger partial charge >= 0.3 is 0 Å². The molecule has 0 aliphatic rings. The van der Waals surface area contributed by atoms with E-state index in [1.54, 1.807) is 13.8 Å². The molecule has 0 unspecified atom stereocenters. The smallest absolute Gasteiger partial charge is 0.273 e. The minimum atomic E-state index is -0.251. The predicted octanol–water partition coefficient (Wildman–Crippen LogP) is 3.75. The molecular formula is C18H19N3O2. The number of benzene rings is 1. The SMILES string of the molecule is Cc1ccc2cc(C(=O)Nc3nc(C)c(O)c(C)c3C)[nH]c2c1. The van der Waals surface area contributed by atoms with E-state index in [0.29, 0.717) is 17.2 Å². The van der Waals surface area contributed by atoms with Crippen molar-refractivity contribution < 1.29 is 9.90 Å². The van der Waals surface area contributed by atoms with Crippen molar-refractivity contribution in [2.45, 2.75) is 27.7 Å². The van der Waals surface area contributed by atoms with E-state index in [1.165, 1.54) is 0 Å². The first-order chi connectivity index (χ1) is 10.9. The number of aromatic amines is 1. The zero-order valence-electron chi connectivity index (χ0n) is 13.6. The first kappa shape index (κ1) is 15.1. The molecule has 0 saturated carbocycles. The second-order valence-corrected chi connectivity index (χ2v) is 5.87. The summed E-state index contributed by atoms with van der Waals surface area (Å²) in [5.74, 6) is 0.387. The molecule has 0 bridgehead atoms. The molecule has 0 fully saturated rings. The van der Waals surface area contributed by atoms with E-state index in [2.05, 4.69) is 15.3 Å². The third kappa shape index (κ3) is 2.65. The second kappa shape index (κ2) is 5.43. The van der Waals surface area contributed by atoms with Gasteiger partial charge in [0.15, 0.2) is 0 Å². The van der Waals surface area contributed by atoms with Crippen molar-refractivity contribution in [3.05, 3.63) is 52.3 Å². The molecule has 23 heavy (non-hydrogen) atoms. The Morgan fingerprint density at radius 3 is 2.61 bits per heavy atom. The number of anilines is 1. The van der Waals surface area contributed by atoms with Crippen molar-refractivity contribution in [3.8, 4) is 5.75 Å². The molecule has 3 N–H and O–H groups in total. The van der Waals surface area contributed by atoms with E-state index in [-0.39, 0.29) is 11.7 Å². The summed E-state index contributed by atoms with van der Waals surface area (Å²) in [5, 5.41) is 13.7. The molecule has 0 radical (unpaired) electrons. The number of carbonyl (C=O) groups is 1. The van der Waals surface area contributed by atoms with Gasteiger partial charge in [-0.3, -0.25) is 4.79 Å². The summed E-state index contributed by atoms with van der Waals surface area (Å²) in [5.41, 5.74) is 4.52. The summed E-state index contributed by atoms with van der Waals surface area (Å²) in [6, 6.07) is 7.82. The molecule has 3 aromatic rings. The van der Waals surface area contributed by atoms with E-state index < -0.39 is 0 Å². The van der Waals surface area contributed by atoms with Crippen LogP contribution >= 0.6 is 0 Å². The Kier molecular flexibility index (Phi) is 3.56. The third-order valence-corrected chi connectivity index (χ3v) is 4.15. The van der Waals surface area contributed by atoms with Crippen LogP contribution in [0.4, 0.5) is 5.82 Å². The molecule has 0 aliphatic carbocycles.